The lowest BCUT2D eigenvalue weighted by Crippen LogP contribution is -2.06. The van der Waals surface area contributed by atoms with Gasteiger partial charge in [0, 0.05) is 11.8 Å². The van der Waals surface area contributed by atoms with E-state index < -0.39 is 29.3 Å². The Morgan fingerprint density at radius 3 is 2.43 bits per heavy atom. The number of fused-ring (bicyclic) bond motifs is 1. The van der Waals surface area contributed by atoms with Gasteiger partial charge in [-0.3, -0.25) is 0 Å². The molecule has 0 aliphatic heterocycles. The Morgan fingerprint density at radius 2 is 1.77 bits per heavy atom. The van der Waals surface area contributed by atoms with Crippen LogP contribution in [0.5, 0.6) is 0 Å². The van der Waals surface area contributed by atoms with Crippen molar-refractivity contribution in [2.24, 2.45) is 0 Å². The Balaban J connectivity index is 1.69. The molecule has 0 N–H and O–H groups in total. The van der Waals surface area contributed by atoms with Crippen LogP contribution >= 0.6 is 11.8 Å². The maximum absolute atomic E-state index is 14.1. The zero-order chi connectivity index (χ0) is 25.2. The smallest absolute Gasteiger partial charge is 0.416 e. The second-order valence-corrected chi connectivity index (χ2v) is 8.57. The van der Waals surface area contributed by atoms with E-state index in [9.17, 15) is 26.7 Å². The van der Waals surface area contributed by atoms with Crippen LogP contribution in [0.25, 0.3) is 11.0 Å². The van der Waals surface area contributed by atoms with Crippen LogP contribution in [0, 0.1) is 11.6 Å². The van der Waals surface area contributed by atoms with Gasteiger partial charge in [-0.05, 0) is 54.4 Å². The first-order valence-corrected chi connectivity index (χ1v) is 11.5. The van der Waals surface area contributed by atoms with E-state index in [-0.39, 0.29) is 24.5 Å². The van der Waals surface area contributed by atoms with Crippen molar-refractivity contribution in [2.75, 3.05) is 6.61 Å². The van der Waals surface area contributed by atoms with E-state index in [4.69, 9.17) is 4.74 Å². The minimum Gasteiger partial charge on any atom is -0.462 e. The molecule has 0 radical (unpaired) electrons. The van der Waals surface area contributed by atoms with Crippen LogP contribution in [-0.4, -0.2) is 22.1 Å². The topological polar surface area (TPSA) is 44.1 Å². The van der Waals surface area contributed by atoms with Crippen LogP contribution in [0.1, 0.15) is 34.0 Å². The first-order chi connectivity index (χ1) is 16.7. The Kier molecular flexibility index (Phi) is 7.11. The summed E-state index contributed by atoms with van der Waals surface area (Å²) >= 11 is 1.19. The van der Waals surface area contributed by atoms with E-state index in [1.807, 2.05) is 0 Å². The fraction of sp³-hybridized carbons (Fsp3) is 0.200. The molecule has 0 aliphatic rings. The molecular weight excluding hydrogens is 487 g/mol. The maximum atomic E-state index is 14.1. The third-order valence-corrected chi connectivity index (χ3v) is 6.24. The summed E-state index contributed by atoms with van der Waals surface area (Å²) in [4.78, 5) is 16.7. The van der Waals surface area contributed by atoms with Crippen LogP contribution in [0.4, 0.5) is 22.0 Å². The summed E-state index contributed by atoms with van der Waals surface area (Å²) in [5.41, 5.74) is 1.54. The molecule has 0 amide bonds. The lowest BCUT2D eigenvalue weighted by Gasteiger charge is -2.11. The molecule has 0 unspecified atom stereocenters. The predicted octanol–water partition coefficient (Wildman–Crippen LogP) is 6.85. The Bertz CT molecular complexity index is 1370. The number of imidazole rings is 1. The van der Waals surface area contributed by atoms with E-state index in [1.165, 1.54) is 30.0 Å². The first-order valence-electron chi connectivity index (χ1n) is 10.6. The van der Waals surface area contributed by atoms with Crippen molar-refractivity contribution >= 4 is 28.8 Å². The van der Waals surface area contributed by atoms with Gasteiger partial charge in [0.05, 0.1) is 35.3 Å². The molecule has 3 aromatic carbocycles. The SMILES string of the molecule is CCOC(=O)c1ccc2c(c1)nc(SCc1ccc(F)cc1F)n2Cc1ccc(C(F)(F)F)cc1. The summed E-state index contributed by atoms with van der Waals surface area (Å²) in [6, 6.07) is 12.9. The van der Waals surface area contributed by atoms with Crippen LogP contribution in [-0.2, 0) is 23.2 Å². The number of alkyl halides is 3. The molecule has 4 aromatic rings. The minimum atomic E-state index is -4.44. The van der Waals surface area contributed by atoms with Crippen LogP contribution < -0.4 is 0 Å². The molecule has 1 heterocycles. The zero-order valence-electron chi connectivity index (χ0n) is 18.4. The monoisotopic (exact) mass is 506 g/mol. The number of nitrogens with zero attached hydrogens (tertiary/aromatic N) is 2. The molecular formula is C25H19F5N2O2S. The average Bonchev–Trinajstić information content (AvgIpc) is 3.15. The predicted molar refractivity (Wildman–Crippen MR) is 122 cm³/mol. The summed E-state index contributed by atoms with van der Waals surface area (Å²) in [6.45, 7) is 2.10. The molecule has 0 atom stereocenters. The molecule has 0 aliphatic carbocycles. The fourth-order valence-corrected chi connectivity index (χ4v) is 4.48. The highest BCUT2D eigenvalue weighted by atomic mass is 32.2. The number of carbonyl (C=O) groups is 1. The fourth-order valence-electron chi connectivity index (χ4n) is 3.47. The van der Waals surface area contributed by atoms with Crippen molar-refractivity contribution < 1.29 is 31.5 Å². The molecule has 10 heteroatoms. The Labute approximate surface area is 201 Å². The number of esters is 1. The highest BCUT2D eigenvalue weighted by Crippen LogP contribution is 2.31. The number of halogens is 5. The Morgan fingerprint density at radius 1 is 1.03 bits per heavy atom. The van der Waals surface area contributed by atoms with Crippen LogP contribution in [0.3, 0.4) is 0 Å². The largest absolute Gasteiger partial charge is 0.462 e. The minimum absolute atomic E-state index is 0.146. The standard InChI is InChI=1S/C25H19F5N2O2S/c1-2-34-23(33)16-6-10-22-21(11-16)31-24(35-14-17-5-9-19(26)12-20(17)27)32(22)13-15-3-7-18(8-4-15)25(28,29)30/h3-12H,2,13-14H2,1H3. The lowest BCUT2D eigenvalue weighted by atomic mass is 10.1. The summed E-state index contributed by atoms with van der Waals surface area (Å²) in [6.07, 6.45) is -4.44. The van der Waals surface area contributed by atoms with Gasteiger partial charge in [-0.15, -0.1) is 0 Å². The molecule has 35 heavy (non-hydrogen) atoms. The number of ether oxygens (including phenoxy) is 1. The number of benzene rings is 3. The molecule has 0 saturated carbocycles. The van der Waals surface area contributed by atoms with Gasteiger partial charge >= 0.3 is 12.1 Å². The summed E-state index contributed by atoms with van der Waals surface area (Å²) in [5, 5.41) is 0.463. The molecule has 1 aromatic heterocycles. The first kappa shape index (κ1) is 24.7. The lowest BCUT2D eigenvalue weighted by molar-refractivity contribution is -0.137. The van der Waals surface area contributed by atoms with Gasteiger partial charge in [0.1, 0.15) is 11.6 Å². The van der Waals surface area contributed by atoms with Crippen molar-refractivity contribution in [1.82, 2.24) is 9.55 Å². The van der Waals surface area contributed by atoms with Crippen LogP contribution in [0.2, 0.25) is 0 Å². The molecule has 4 nitrogen and oxygen atoms in total. The number of aromatic nitrogens is 2. The van der Waals surface area contributed by atoms with Crippen molar-refractivity contribution in [2.45, 2.75) is 30.6 Å². The van der Waals surface area contributed by atoms with E-state index in [1.54, 1.807) is 29.7 Å². The van der Waals surface area contributed by atoms with Crippen molar-refractivity contribution in [3.05, 3.63) is 94.6 Å². The van der Waals surface area contributed by atoms with Crippen molar-refractivity contribution in [1.29, 1.82) is 0 Å². The number of rotatable bonds is 7. The zero-order valence-corrected chi connectivity index (χ0v) is 19.2. The van der Waals surface area contributed by atoms with Crippen LogP contribution in [0.15, 0.2) is 65.8 Å². The maximum Gasteiger partial charge on any atom is 0.416 e. The molecule has 182 valence electrons. The van der Waals surface area contributed by atoms with E-state index in [2.05, 4.69) is 4.98 Å². The quantitative estimate of drug-likeness (QED) is 0.156. The number of carbonyl (C=O) groups excluding carboxylic acids is 1. The van der Waals surface area contributed by atoms with E-state index >= 15 is 0 Å². The van der Waals surface area contributed by atoms with Crippen molar-refractivity contribution in [3.63, 3.8) is 0 Å². The second kappa shape index (κ2) is 10.1. The number of hydrogen-bond acceptors (Lipinski definition) is 4. The molecule has 0 spiro atoms. The van der Waals surface area contributed by atoms with Gasteiger partial charge in [-0.2, -0.15) is 13.2 Å². The molecule has 4 rings (SSSR count). The van der Waals surface area contributed by atoms with Crippen molar-refractivity contribution in [3.8, 4) is 0 Å². The third kappa shape index (κ3) is 5.64. The number of hydrogen-bond donors (Lipinski definition) is 0. The normalized spacial score (nSPS) is 11.7. The van der Waals surface area contributed by atoms with E-state index in [0.717, 1.165) is 24.3 Å². The molecule has 0 bridgehead atoms. The summed E-state index contributed by atoms with van der Waals surface area (Å²) in [5.74, 6) is -1.73. The van der Waals surface area contributed by atoms with E-state index in [0.29, 0.717) is 27.3 Å². The molecule has 0 fully saturated rings. The average molecular weight is 506 g/mol. The second-order valence-electron chi connectivity index (χ2n) is 7.62. The van der Waals surface area contributed by atoms with Gasteiger partial charge in [0.2, 0.25) is 0 Å². The molecule has 0 saturated heterocycles. The number of thioether (sulfide) groups is 1. The highest BCUT2D eigenvalue weighted by Gasteiger charge is 2.30. The summed E-state index contributed by atoms with van der Waals surface area (Å²) < 4.78 is 73.0. The Hall–Kier alpha value is -3.40. The van der Waals surface area contributed by atoms with Gasteiger partial charge in [0.25, 0.3) is 0 Å². The third-order valence-electron chi connectivity index (χ3n) is 5.22. The van der Waals surface area contributed by atoms with Gasteiger partial charge in [0.15, 0.2) is 5.16 Å². The summed E-state index contributed by atoms with van der Waals surface area (Å²) in [7, 11) is 0. The van der Waals surface area contributed by atoms with Gasteiger partial charge in [-0.25, -0.2) is 18.6 Å². The van der Waals surface area contributed by atoms with Gasteiger partial charge < -0.3 is 9.30 Å². The van der Waals surface area contributed by atoms with Gasteiger partial charge in [-0.1, -0.05) is 30.0 Å². The highest BCUT2D eigenvalue weighted by molar-refractivity contribution is 7.98.